The zero-order valence-corrected chi connectivity index (χ0v) is 14.6. The van der Waals surface area contributed by atoms with Gasteiger partial charge in [0.25, 0.3) is 0 Å². The molecule has 0 amide bonds. The highest BCUT2D eigenvalue weighted by molar-refractivity contribution is 9.12. The monoisotopic (exact) mass is 393 g/mol. The zero-order valence-electron chi connectivity index (χ0n) is 10.6. The lowest BCUT2D eigenvalue weighted by Gasteiger charge is -2.37. The molecular formula is C13H17Br2NOS. The quantitative estimate of drug-likeness (QED) is 0.699. The highest BCUT2D eigenvalue weighted by Gasteiger charge is 2.28. The number of thiophene rings is 1. The molecule has 1 saturated heterocycles. The first-order valence-corrected chi connectivity index (χ1v) is 8.48. The van der Waals surface area contributed by atoms with Crippen LogP contribution in [0.4, 0.5) is 0 Å². The number of piperidine rings is 1. The SMILES string of the molecule is CC1(C)CCCN(CC(=O)c2cc(Br)sc2Br)C1. The largest absolute Gasteiger partial charge is 0.295 e. The summed E-state index contributed by atoms with van der Waals surface area (Å²) in [4.78, 5) is 14.6. The summed E-state index contributed by atoms with van der Waals surface area (Å²) in [7, 11) is 0. The standard InChI is InChI=1S/C13H17Br2NOS/c1-13(2)4-3-5-16(8-13)7-10(17)9-6-11(14)18-12(9)15/h6H,3-5,7-8H2,1-2H3. The maximum atomic E-state index is 12.3. The molecule has 18 heavy (non-hydrogen) atoms. The number of likely N-dealkylation sites (tertiary alicyclic amines) is 1. The minimum Gasteiger partial charge on any atom is -0.295 e. The van der Waals surface area contributed by atoms with E-state index in [9.17, 15) is 4.79 Å². The van der Waals surface area contributed by atoms with Crippen molar-refractivity contribution in [2.24, 2.45) is 5.41 Å². The Hall–Kier alpha value is 0.290. The fourth-order valence-electron chi connectivity index (χ4n) is 2.50. The third-order valence-electron chi connectivity index (χ3n) is 3.30. The molecular weight excluding hydrogens is 378 g/mol. The smallest absolute Gasteiger partial charge is 0.178 e. The van der Waals surface area contributed by atoms with E-state index in [0.717, 1.165) is 26.2 Å². The van der Waals surface area contributed by atoms with Gasteiger partial charge in [0, 0.05) is 12.1 Å². The second-order valence-corrected chi connectivity index (χ2v) is 9.39. The van der Waals surface area contributed by atoms with E-state index in [1.165, 1.54) is 12.8 Å². The van der Waals surface area contributed by atoms with E-state index in [1.807, 2.05) is 6.07 Å². The average molecular weight is 395 g/mol. The molecule has 1 aliphatic rings. The van der Waals surface area contributed by atoms with Crippen molar-refractivity contribution in [3.63, 3.8) is 0 Å². The fourth-order valence-corrected chi connectivity index (χ4v) is 5.35. The summed E-state index contributed by atoms with van der Waals surface area (Å²) in [6.07, 6.45) is 2.44. The van der Waals surface area contributed by atoms with Crippen LogP contribution in [0.1, 0.15) is 37.0 Å². The van der Waals surface area contributed by atoms with Gasteiger partial charge in [0.05, 0.1) is 14.1 Å². The molecule has 0 bridgehead atoms. The topological polar surface area (TPSA) is 20.3 Å². The third kappa shape index (κ3) is 3.65. The third-order valence-corrected chi connectivity index (χ3v) is 5.64. The first kappa shape index (κ1) is 14.7. The van der Waals surface area contributed by atoms with Gasteiger partial charge in [-0.1, -0.05) is 13.8 Å². The van der Waals surface area contributed by atoms with Crippen molar-refractivity contribution in [2.45, 2.75) is 26.7 Å². The maximum absolute atomic E-state index is 12.3. The Morgan fingerprint density at radius 3 is 2.78 bits per heavy atom. The molecule has 1 fully saturated rings. The van der Waals surface area contributed by atoms with Crippen molar-refractivity contribution >= 4 is 49.0 Å². The highest BCUT2D eigenvalue weighted by Crippen LogP contribution is 2.33. The molecule has 0 saturated carbocycles. The zero-order chi connectivity index (χ0) is 13.3. The predicted octanol–water partition coefficient (Wildman–Crippen LogP) is 4.58. The van der Waals surface area contributed by atoms with Crippen LogP contribution in [0.2, 0.25) is 0 Å². The van der Waals surface area contributed by atoms with Crippen LogP contribution in [-0.2, 0) is 0 Å². The van der Waals surface area contributed by atoms with Gasteiger partial charge in [-0.3, -0.25) is 9.69 Å². The Balaban J connectivity index is 2.01. The lowest BCUT2D eigenvalue weighted by atomic mass is 9.84. The lowest BCUT2D eigenvalue weighted by Crippen LogP contribution is -2.42. The van der Waals surface area contributed by atoms with Crippen molar-refractivity contribution in [1.29, 1.82) is 0 Å². The lowest BCUT2D eigenvalue weighted by molar-refractivity contribution is 0.0809. The molecule has 1 aliphatic heterocycles. The summed E-state index contributed by atoms with van der Waals surface area (Å²) in [5, 5.41) is 0. The van der Waals surface area contributed by atoms with Gasteiger partial charge in [0.1, 0.15) is 0 Å². The number of rotatable bonds is 3. The van der Waals surface area contributed by atoms with Gasteiger partial charge in [-0.2, -0.15) is 0 Å². The molecule has 0 N–H and O–H groups in total. The number of carbonyl (C=O) groups excluding carboxylic acids is 1. The van der Waals surface area contributed by atoms with E-state index in [1.54, 1.807) is 11.3 Å². The van der Waals surface area contributed by atoms with Crippen LogP contribution in [0, 0.1) is 5.41 Å². The number of nitrogens with zero attached hydrogens (tertiary/aromatic N) is 1. The van der Waals surface area contributed by atoms with Gasteiger partial charge >= 0.3 is 0 Å². The number of carbonyl (C=O) groups is 1. The first-order valence-electron chi connectivity index (χ1n) is 6.08. The van der Waals surface area contributed by atoms with Crippen LogP contribution in [0.15, 0.2) is 13.6 Å². The van der Waals surface area contributed by atoms with E-state index in [0.29, 0.717) is 12.0 Å². The minimum atomic E-state index is 0.210. The number of Topliss-reactive ketones (excluding diaryl/α,β-unsaturated/α-hetero) is 1. The minimum absolute atomic E-state index is 0.210. The average Bonchev–Trinajstić information content (AvgIpc) is 2.56. The molecule has 0 aliphatic carbocycles. The molecule has 0 aromatic carbocycles. The van der Waals surface area contributed by atoms with Crippen molar-refractivity contribution in [1.82, 2.24) is 4.90 Å². The van der Waals surface area contributed by atoms with Crippen LogP contribution in [0.5, 0.6) is 0 Å². The van der Waals surface area contributed by atoms with Crippen LogP contribution < -0.4 is 0 Å². The van der Waals surface area contributed by atoms with Gasteiger partial charge in [0.15, 0.2) is 5.78 Å². The molecule has 5 heteroatoms. The Morgan fingerprint density at radius 2 is 2.22 bits per heavy atom. The summed E-state index contributed by atoms with van der Waals surface area (Å²) in [6.45, 7) is 7.15. The van der Waals surface area contributed by atoms with Gasteiger partial charge < -0.3 is 0 Å². The Morgan fingerprint density at radius 1 is 1.50 bits per heavy atom. The molecule has 0 unspecified atom stereocenters. The molecule has 0 atom stereocenters. The van der Waals surface area contributed by atoms with Crippen molar-refractivity contribution in [3.8, 4) is 0 Å². The Bertz CT molecular complexity index is 456. The molecule has 1 aromatic rings. The summed E-state index contributed by atoms with van der Waals surface area (Å²) >= 11 is 8.42. The Labute approximate surface area is 129 Å². The van der Waals surface area contributed by atoms with Crippen molar-refractivity contribution in [3.05, 3.63) is 19.2 Å². The van der Waals surface area contributed by atoms with Crippen LogP contribution in [0.3, 0.4) is 0 Å². The first-order chi connectivity index (χ1) is 8.37. The predicted molar refractivity (Wildman–Crippen MR) is 83.5 cm³/mol. The van der Waals surface area contributed by atoms with Crippen LogP contribution in [0.25, 0.3) is 0 Å². The molecule has 2 nitrogen and oxygen atoms in total. The molecule has 100 valence electrons. The van der Waals surface area contributed by atoms with E-state index in [4.69, 9.17) is 0 Å². The second-order valence-electron chi connectivity index (χ2n) is 5.64. The fraction of sp³-hybridized carbons (Fsp3) is 0.615. The second kappa shape index (κ2) is 5.73. The van der Waals surface area contributed by atoms with Crippen LogP contribution in [-0.4, -0.2) is 30.3 Å². The number of halogens is 2. The van der Waals surface area contributed by atoms with Gasteiger partial charge in [0.2, 0.25) is 0 Å². The molecule has 2 rings (SSSR count). The molecule has 0 radical (unpaired) electrons. The Kier molecular flexibility index (Phi) is 4.68. The van der Waals surface area contributed by atoms with Gasteiger partial charge in [-0.15, -0.1) is 11.3 Å². The van der Waals surface area contributed by atoms with Crippen molar-refractivity contribution in [2.75, 3.05) is 19.6 Å². The molecule has 1 aromatic heterocycles. The molecule has 2 heterocycles. The van der Waals surface area contributed by atoms with E-state index < -0.39 is 0 Å². The summed E-state index contributed by atoms with van der Waals surface area (Å²) in [5.74, 6) is 0.210. The number of ketones is 1. The van der Waals surface area contributed by atoms with Crippen LogP contribution >= 0.6 is 43.2 Å². The van der Waals surface area contributed by atoms with E-state index >= 15 is 0 Å². The normalized spacial score (nSPS) is 20.0. The molecule has 0 spiro atoms. The maximum Gasteiger partial charge on any atom is 0.178 e. The van der Waals surface area contributed by atoms with Gasteiger partial charge in [-0.25, -0.2) is 0 Å². The van der Waals surface area contributed by atoms with E-state index in [-0.39, 0.29) is 5.78 Å². The highest BCUT2D eigenvalue weighted by atomic mass is 79.9. The van der Waals surface area contributed by atoms with Gasteiger partial charge in [-0.05, 0) is 62.7 Å². The number of hydrogen-bond donors (Lipinski definition) is 0. The summed E-state index contributed by atoms with van der Waals surface area (Å²) in [6, 6.07) is 1.91. The number of hydrogen-bond acceptors (Lipinski definition) is 3. The summed E-state index contributed by atoms with van der Waals surface area (Å²) in [5.41, 5.74) is 1.14. The van der Waals surface area contributed by atoms with E-state index in [2.05, 4.69) is 50.6 Å². The van der Waals surface area contributed by atoms with Crippen molar-refractivity contribution < 1.29 is 4.79 Å². The summed E-state index contributed by atoms with van der Waals surface area (Å²) < 4.78 is 1.92.